The molecule has 4 saturated heterocycles. The zero-order chi connectivity index (χ0) is 21.1. The van der Waals surface area contributed by atoms with Gasteiger partial charge in [0.25, 0.3) is 5.91 Å². The summed E-state index contributed by atoms with van der Waals surface area (Å²) >= 11 is 0. The van der Waals surface area contributed by atoms with Crippen LogP contribution in [0.15, 0.2) is 0 Å². The summed E-state index contributed by atoms with van der Waals surface area (Å²) in [7, 11) is 0. The molecule has 4 rings (SSSR count). The van der Waals surface area contributed by atoms with Crippen molar-refractivity contribution in [3.05, 3.63) is 0 Å². The quantitative estimate of drug-likeness (QED) is 0.712. The van der Waals surface area contributed by atoms with Gasteiger partial charge in [0.15, 0.2) is 0 Å². The van der Waals surface area contributed by atoms with E-state index in [1.165, 1.54) is 4.90 Å². The van der Waals surface area contributed by atoms with Crippen molar-refractivity contribution in [2.75, 3.05) is 13.1 Å². The lowest BCUT2D eigenvalue weighted by atomic mass is 9.81. The van der Waals surface area contributed by atoms with Crippen molar-refractivity contribution in [1.29, 1.82) is 0 Å². The molecule has 4 aliphatic heterocycles. The molecule has 2 bridgehead atoms. The standard InChI is InChI=1S/C21H34N4O4/c1-13(2)25-18(27)24(16-8-9-23(12-16)19(28)29-20(3,4)5)17(26)21(25)10-14-6-7-15(11-21)22-14/h13-16,22H,6-12H2,1-5H3. The number of fused-ring (bicyclic) bond motifs is 2. The Hall–Kier alpha value is -1.83. The average Bonchev–Trinajstić information content (AvgIpc) is 3.24. The van der Waals surface area contributed by atoms with Gasteiger partial charge in [-0.1, -0.05) is 0 Å². The van der Waals surface area contributed by atoms with E-state index < -0.39 is 11.1 Å². The van der Waals surface area contributed by atoms with E-state index in [-0.39, 0.29) is 30.1 Å². The van der Waals surface area contributed by atoms with Crippen molar-refractivity contribution in [3.63, 3.8) is 0 Å². The van der Waals surface area contributed by atoms with Gasteiger partial charge < -0.3 is 19.9 Å². The Morgan fingerprint density at radius 3 is 2.31 bits per heavy atom. The van der Waals surface area contributed by atoms with E-state index in [1.807, 2.05) is 39.5 Å². The minimum absolute atomic E-state index is 0.0442. The molecule has 0 aromatic heterocycles. The predicted octanol–water partition coefficient (Wildman–Crippen LogP) is 2.32. The van der Waals surface area contributed by atoms with E-state index in [4.69, 9.17) is 4.74 Å². The van der Waals surface area contributed by atoms with E-state index in [2.05, 4.69) is 5.32 Å². The minimum atomic E-state index is -0.734. The number of likely N-dealkylation sites (tertiary alicyclic amines) is 1. The summed E-state index contributed by atoms with van der Waals surface area (Å²) in [6.07, 6.45) is 3.72. The van der Waals surface area contributed by atoms with Gasteiger partial charge >= 0.3 is 12.1 Å². The largest absolute Gasteiger partial charge is 0.444 e. The van der Waals surface area contributed by atoms with Crippen molar-refractivity contribution in [1.82, 2.24) is 20.0 Å². The minimum Gasteiger partial charge on any atom is -0.444 e. The third kappa shape index (κ3) is 3.39. The predicted molar refractivity (Wildman–Crippen MR) is 107 cm³/mol. The summed E-state index contributed by atoms with van der Waals surface area (Å²) in [5.74, 6) is -0.0642. The zero-order valence-corrected chi connectivity index (χ0v) is 18.2. The molecular formula is C21H34N4O4. The number of ether oxygens (including phenoxy) is 1. The van der Waals surface area contributed by atoms with Gasteiger partial charge in [-0.2, -0.15) is 0 Å². The lowest BCUT2D eigenvalue weighted by molar-refractivity contribution is -0.137. The summed E-state index contributed by atoms with van der Waals surface area (Å²) in [6.45, 7) is 10.3. The number of nitrogens with one attached hydrogen (secondary N) is 1. The average molecular weight is 407 g/mol. The highest BCUT2D eigenvalue weighted by atomic mass is 16.6. The van der Waals surface area contributed by atoms with Crippen molar-refractivity contribution in [3.8, 4) is 0 Å². The Labute approximate surface area is 172 Å². The van der Waals surface area contributed by atoms with Crippen LogP contribution >= 0.6 is 0 Å². The summed E-state index contributed by atoms with van der Waals surface area (Å²) in [6, 6.07) is 0.0809. The lowest BCUT2D eigenvalue weighted by Gasteiger charge is -2.43. The van der Waals surface area contributed by atoms with Crippen LogP contribution in [-0.2, 0) is 9.53 Å². The van der Waals surface area contributed by atoms with Crippen molar-refractivity contribution >= 4 is 18.0 Å². The first-order valence-corrected chi connectivity index (χ1v) is 10.9. The highest BCUT2D eigenvalue weighted by Gasteiger charge is 2.63. The van der Waals surface area contributed by atoms with Crippen LogP contribution in [0.1, 0.15) is 66.7 Å². The van der Waals surface area contributed by atoms with Gasteiger partial charge in [-0.05, 0) is 66.7 Å². The first-order chi connectivity index (χ1) is 13.5. The number of piperidine rings is 1. The molecule has 8 nitrogen and oxygen atoms in total. The number of amides is 4. The molecule has 0 aliphatic carbocycles. The number of nitrogens with zero attached hydrogens (tertiary/aromatic N) is 3. The fraction of sp³-hybridized carbons (Fsp3) is 0.857. The van der Waals surface area contributed by atoms with E-state index in [0.717, 1.165) is 12.8 Å². The van der Waals surface area contributed by atoms with Crippen LogP contribution in [0.3, 0.4) is 0 Å². The molecule has 4 heterocycles. The molecule has 4 amide bonds. The maximum atomic E-state index is 13.7. The van der Waals surface area contributed by atoms with Crippen LogP contribution in [0.25, 0.3) is 0 Å². The molecule has 4 fully saturated rings. The number of rotatable bonds is 2. The molecule has 8 heteroatoms. The number of hydrogen-bond donors (Lipinski definition) is 1. The second-order valence-corrected chi connectivity index (χ2v) is 10.4. The van der Waals surface area contributed by atoms with Gasteiger partial charge in [-0.15, -0.1) is 0 Å². The van der Waals surface area contributed by atoms with Crippen LogP contribution in [0.4, 0.5) is 9.59 Å². The van der Waals surface area contributed by atoms with E-state index in [0.29, 0.717) is 44.4 Å². The molecule has 29 heavy (non-hydrogen) atoms. The zero-order valence-electron chi connectivity index (χ0n) is 18.2. The number of carbonyl (C=O) groups is 3. The summed E-state index contributed by atoms with van der Waals surface area (Å²) in [5, 5.41) is 3.59. The van der Waals surface area contributed by atoms with Gasteiger partial charge in [0.05, 0.1) is 6.04 Å². The van der Waals surface area contributed by atoms with Crippen LogP contribution in [-0.4, -0.2) is 81.1 Å². The molecular weight excluding hydrogens is 372 g/mol. The van der Waals surface area contributed by atoms with Crippen molar-refractivity contribution in [2.24, 2.45) is 0 Å². The Bertz CT molecular complexity index is 704. The van der Waals surface area contributed by atoms with Gasteiger partial charge in [0.2, 0.25) is 0 Å². The molecule has 0 aromatic rings. The molecule has 1 spiro atoms. The Morgan fingerprint density at radius 1 is 1.14 bits per heavy atom. The van der Waals surface area contributed by atoms with Crippen LogP contribution < -0.4 is 5.32 Å². The maximum absolute atomic E-state index is 13.7. The number of hydrogen-bond acceptors (Lipinski definition) is 5. The van der Waals surface area contributed by atoms with E-state index in [9.17, 15) is 14.4 Å². The first-order valence-electron chi connectivity index (χ1n) is 10.9. The fourth-order valence-corrected chi connectivity index (χ4v) is 5.69. The van der Waals surface area contributed by atoms with Crippen molar-refractivity contribution in [2.45, 2.75) is 102 Å². The fourth-order valence-electron chi connectivity index (χ4n) is 5.69. The summed E-state index contributed by atoms with van der Waals surface area (Å²) in [5.41, 5.74) is -1.30. The lowest BCUT2D eigenvalue weighted by Crippen LogP contribution is -2.60. The number of urea groups is 1. The molecule has 1 N–H and O–H groups in total. The highest BCUT2D eigenvalue weighted by Crippen LogP contribution is 2.45. The van der Waals surface area contributed by atoms with Crippen LogP contribution in [0.2, 0.25) is 0 Å². The molecule has 4 aliphatic rings. The number of carbonyl (C=O) groups excluding carboxylic acids is 3. The third-order valence-electron chi connectivity index (χ3n) is 6.69. The van der Waals surface area contributed by atoms with Gasteiger partial charge in [0.1, 0.15) is 11.1 Å². The van der Waals surface area contributed by atoms with Gasteiger partial charge in [0, 0.05) is 31.2 Å². The molecule has 3 atom stereocenters. The van der Waals surface area contributed by atoms with Gasteiger partial charge in [-0.3, -0.25) is 9.69 Å². The first kappa shape index (κ1) is 20.4. The Balaban J connectivity index is 1.55. The van der Waals surface area contributed by atoms with Crippen LogP contribution in [0.5, 0.6) is 0 Å². The number of imide groups is 1. The molecule has 3 unspecified atom stereocenters. The Morgan fingerprint density at radius 2 is 1.76 bits per heavy atom. The molecule has 0 aromatic carbocycles. The smallest absolute Gasteiger partial charge is 0.410 e. The van der Waals surface area contributed by atoms with Crippen LogP contribution in [0, 0.1) is 0 Å². The van der Waals surface area contributed by atoms with Gasteiger partial charge in [-0.25, -0.2) is 9.59 Å². The third-order valence-corrected chi connectivity index (χ3v) is 6.69. The van der Waals surface area contributed by atoms with E-state index >= 15 is 0 Å². The maximum Gasteiger partial charge on any atom is 0.410 e. The van der Waals surface area contributed by atoms with E-state index in [1.54, 1.807) is 4.90 Å². The second kappa shape index (κ2) is 6.86. The summed E-state index contributed by atoms with van der Waals surface area (Å²) < 4.78 is 5.47. The topological polar surface area (TPSA) is 82.2 Å². The SMILES string of the molecule is CC(C)N1C(=O)N(C2CCN(C(=O)OC(C)(C)C)C2)C(=O)C12CC1CCC(C2)N1. The summed E-state index contributed by atoms with van der Waals surface area (Å²) in [4.78, 5) is 44.5. The highest BCUT2D eigenvalue weighted by molar-refractivity contribution is 6.07. The molecule has 162 valence electrons. The second-order valence-electron chi connectivity index (χ2n) is 10.4. The monoisotopic (exact) mass is 406 g/mol. The molecule has 0 saturated carbocycles. The van der Waals surface area contributed by atoms with Crippen molar-refractivity contribution < 1.29 is 19.1 Å². The Kier molecular flexibility index (Phi) is 4.83. The normalized spacial score (nSPS) is 34.8. The molecule has 0 radical (unpaired) electrons.